The molecule has 0 aliphatic heterocycles. The van der Waals surface area contributed by atoms with Crippen LogP contribution in [-0.4, -0.2) is 25.1 Å². The van der Waals surface area contributed by atoms with E-state index in [1.54, 1.807) is 0 Å². The SMILES string of the molecule is CCOc1ccc(C(C)NC(=O)CNC(C)CC)cc1. The van der Waals surface area contributed by atoms with Crippen molar-refractivity contribution in [3.05, 3.63) is 29.8 Å². The molecule has 1 amide bonds. The van der Waals surface area contributed by atoms with Gasteiger partial charge in [0, 0.05) is 6.04 Å². The molecule has 0 aliphatic carbocycles. The number of hydrogen-bond donors (Lipinski definition) is 2. The summed E-state index contributed by atoms with van der Waals surface area (Å²) in [5, 5.41) is 6.17. The molecule has 2 N–H and O–H groups in total. The summed E-state index contributed by atoms with van der Waals surface area (Å²) in [7, 11) is 0. The van der Waals surface area contributed by atoms with E-state index in [0.717, 1.165) is 17.7 Å². The summed E-state index contributed by atoms with van der Waals surface area (Å²) in [6.07, 6.45) is 1.02. The lowest BCUT2D eigenvalue weighted by molar-refractivity contribution is -0.121. The Kier molecular flexibility index (Phi) is 7.09. The van der Waals surface area contributed by atoms with Crippen LogP contribution < -0.4 is 15.4 Å². The highest BCUT2D eigenvalue weighted by Gasteiger charge is 2.10. The predicted octanol–water partition coefficient (Wildman–Crippen LogP) is 2.65. The summed E-state index contributed by atoms with van der Waals surface area (Å²) in [6.45, 7) is 9.13. The lowest BCUT2D eigenvalue weighted by Gasteiger charge is -2.16. The molecule has 0 saturated carbocycles. The van der Waals surface area contributed by atoms with Gasteiger partial charge in [0.1, 0.15) is 5.75 Å². The van der Waals surface area contributed by atoms with Crippen LogP contribution in [0.5, 0.6) is 5.75 Å². The van der Waals surface area contributed by atoms with Crippen molar-refractivity contribution in [3.63, 3.8) is 0 Å². The number of nitrogens with one attached hydrogen (secondary N) is 2. The predicted molar refractivity (Wildman–Crippen MR) is 81.9 cm³/mol. The molecule has 20 heavy (non-hydrogen) atoms. The van der Waals surface area contributed by atoms with Gasteiger partial charge in [0.25, 0.3) is 0 Å². The molecular weight excluding hydrogens is 252 g/mol. The number of hydrogen-bond acceptors (Lipinski definition) is 3. The molecule has 0 aromatic heterocycles. The molecule has 1 aromatic carbocycles. The standard InChI is InChI=1S/C16H26N2O2/c1-5-12(3)17-11-16(19)18-13(4)14-7-9-15(10-8-14)20-6-2/h7-10,12-13,17H,5-6,11H2,1-4H3,(H,18,19). The fourth-order valence-electron chi connectivity index (χ4n) is 1.81. The highest BCUT2D eigenvalue weighted by molar-refractivity contribution is 5.78. The summed E-state index contributed by atoms with van der Waals surface area (Å²) < 4.78 is 5.40. The van der Waals surface area contributed by atoms with Crippen LogP contribution in [0, 0.1) is 0 Å². The van der Waals surface area contributed by atoms with Gasteiger partial charge in [0.15, 0.2) is 0 Å². The molecule has 112 valence electrons. The van der Waals surface area contributed by atoms with E-state index in [1.165, 1.54) is 0 Å². The molecule has 2 atom stereocenters. The van der Waals surface area contributed by atoms with Crippen molar-refractivity contribution >= 4 is 5.91 Å². The van der Waals surface area contributed by atoms with E-state index in [4.69, 9.17) is 4.74 Å². The Morgan fingerprint density at radius 3 is 2.40 bits per heavy atom. The zero-order chi connectivity index (χ0) is 15.0. The van der Waals surface area contributed by atoms with E-state index in [9.17, 15) is 4.79 Å². The van der Waals surface area contributed by atoms with Gasteiger partial charge in [-0.05, 0) is 44.9 Å². The van der Waals surface area contributed by atoms with Crippen molar-refractivity contribution in [1.82, 2.24) is 10.6 Å². The van der Waals surface area contributed by atoms with Crippen molar-refractivity contribution in [3.8, 4) is 5.75 Å². The second-order valence-electron chi connectivity index (χ2n) is 4.98. The van der Waals surface area contributed by atoms with E-state index in [-0.39, 0.29) is 11.9 Å². The Labute approximate surface area is 121 Å². The third kappa shape index (κ3) is 5.61. The highest BCUT2D eigenvalue weighted by Crippen LogP contribution is 2.17. The molecule has 0 bridgehead atoms. The summed E-state index contributed by atoms with van der Waals surface area (Å²) >= 11 is 0. The number of carbonyl (C=O) groups is 1. The van der Waals surface area contributed by atoms with Crippen LogP contribution in [0.25, 0.3) is 0 Å². The summed E-state index contributed by atoms with van der Waals surface area (Å²) in [5.74, 6) is 0.875. The zero-order valence-corrected chi connectivity index (χ0v) is 12.9. The van der Waals surface area contributed by atoms with Crippen molar-refractivity contribution in [1.29, 1.82) is 0 Å². The minimum absolute atomic E-state index is 0.00286. The third-order valence-electron chi connectivity index (χ3n) is 3.29. The molecule has 0 fully saturated rings. The number of ether oxygens (including phenoxy) is 1. The van der Waals surface area contributed by atoms with Gasteiger partial charge in [0.05, 0.1) is 19.2 Å². The second-order valence-corrected chi connectivity index (χ2v) is 4.98. The molecule has 1 rings (SSSR count). The first-order valence-electron chi connectivity index (χ1n) is 7.32. The molecule has 0 aliphatic rings. The first kappa shape index (κ1) is 16.5. The Balaban J connectivity index is 2.45. The number of amides is 1. The molecule has 0 radical (unpaired) electrons. The van der Waals surface area contributed by atoms with Crippen LogP contribution in [-0.2, 0) is 4.79 Å². The molecule has 4 nitrogen and oxygen atoms in total. The van der Waals surface area contributed by atoms with E-state index in [1.807, 2.05) is 38.1 Å². The van der Waals surface area contributed by atoms with Crippen LogP contribution >= 0.6 is 0 Å². The van der Waals surface area contributed by atoms with Crippen molar-refractivity contribution in [2.45, 2.75) is 46.2 Å². The first-order chi connectivity index (χ1) is 9.56. The zero-order valence-electron chi connectivity index (χ0n) is 12.9. The van der Waals surface area contributed by atoms with Crippen LogP contribution in [0.15, 0.2) is 24.3 Å². The maximum atomic E-state index is 11.8. The summed E-state index contributed by atoms with van der Waals surface area (Å²) in [4.78, 5) is 11.8. The van der Waals surface area contributed by atoms with Crippen LogP contribution in [0.2, 0.25) is 0 Å². The molecule has 2 unspecified atom stereocenters. The maximum absolute atomic E-state index is 11.8. The smallest absolute Gasteiger partial charge is 0.234 e. The van der Waals surface area contributed by atoms with Crippen molar-refractivity contribution < 1.29 is 9.53 Å². The molecule has 0 heterocycles. The minimum Gasteiger partial charge on any atom is -0.494 e. The van der Waals surface area contributed by atoms with E-state index < -0.39 is 0 Å². The van der Waals surface area contributed by atoms with Gasteiger partial charge in [-0.3, -0.25) is 4.79 Å². The van der Waals surface area contributed by atoms with Gasteiger partial charge in [-0.2, -0.15) is 0 Å². The summed E-state index contributed by atoms with van der Waals surface area (Å²) in [6, 6.07) is 8.19. The quantitative estimate of drug-likeness (QED) is 0.768. The maximum Gasteiger partial charge on any atom is 0.234 e. The van der Waals surface area contributed by atoms with Crippen LogP contribution in [0.4, 0.5) is 0 Å². The van der Waals surface area contributed by atoms with Crippen molar-refractivity contribution in [2.75, 3.05) is 13.2 Å². The topological polar surface area (TPSA) is 50.4 Å². The van der Waals surface area contributed by atoms with E-state index >= 15 is 0 Å². The average molecular weight is 278 g/mol. The van der Waals surface area contributed by atoms with Gasteiger partial charge in [0.2, 0.25) is 5.91 Å². The highest BCUT2D eigenvalue weighted by atomic mass is 16.5. The largest absolute Gasteiger partial charge is 0.494 e. The molecule has 0 saturated heterocycles. The average Bonchev–Trinajstić information content (AvgIpc) is 2.45. The Morgan fingerprint density at radius 1 is 1.20 bits per heavy atom. The molecule has 4 heteroatoms. The van der Waals surface area contributed by atoms with Crippen molar-refractivity contribution in [2.24, 2.45) is 0 Å². The van der Waals surface area contributed by atoms with Gasteiger partial charge < -0.3 is 15.4 Å². The molecular formula is C16H26N2O2. The summed E-state index contributed by atoms with van der Waals surface area (Å²) in [5.41, 5.74) is 1.07. The van der Waals surface area contributed by atoms with Crippen LogP contribution in [0.1, 0.15) is 45.7 Å². The van der Waals surface area contributed by atoms with Gasteiger partial charge in [-0.15, -0.1) is 0 Å². The van der Waals surface area contributed by atoms with E-state index in [0.29, 0.717) is 19.2 Å². The fourth-order valence-corrected chi connectivity index (χ4v) is 1.81. The fraction of sp³-hybridized carbons (Fsp3) is 0.562. The van der Waals surface area contributed by atoms with Gasteiger partial charge in [-0.1, -0.05) is 19.1 Å². The van der Waals surface area contributed by atoms with Gasteiger partial charge in [-0.25, -0.2) is 0 Å². The Hall–Kier alpha value is -1.55. The molecule has 1 aromatic rings. The number of rotatable bonds is 8. The normalized spacial score (nSPS) is 13.6. The first-order valence-corrected chi connectivity index (χ1v) is 7.32. The number of carbonyl (C=O) groups excluding carboxylic acids is 1. The lowest BCUT2D eigenvalue weighted by Crippen LogP contribution is -2.38. The monoisotopic (exact) mass is 278 g/mol. The van der Waals surface area contributed by atoms with Gasteiger partial charge >= 0.3 is 0 Å². The number of benzene rings is 1. The Morgan fingerprint density at radius 2 is 1.85 bits per heavy atom. The van der Waals surface area contributed by atoms with Crippen LogP contribution in [0.3, 0.4) is 0 Å². The molecule has 0 spiro atoms. The van der Waals surface area contributed by atoms with E-state index in [2.05, 4.69) is 24.5 Å². The third-order valence-corrected chi connectivity index (χ3v) is 3.29. The lowest BCUT2D eigenvalue weighted by atomic mass is 10.1. The minimum atomic E-state index is -0.00286. The second kappa shape index (κ2) is 8.59. The Bertz CT molecular complexity index is 403.